The maximum absolute atomic E-state index is 12.9. The molecule has 4 rings (SSSR count). The molecule has 9 nitrogen and oxygen atoms in total. The van der Waals surface area contributed by atoms with Crippen LogP contribution in [0.4, 0.5) is 10.5 Å². The van der Waals surface area contributed by atoms with Crippen LogP contribution in [-0.4, -0.2) is 41.6 Å². The van der Waals surface area contributed by atoms with Gasteiger partial charge in [0.25, 0.3) is 5.91 Å². The quantitative estimate of drug-likeness (QED) is 0.730. The highest BCUT2D eigenvalue weighted by atomic mass is 16.7. The molecule has 9 heteroatoms. The standard InChI is InChI=1S/C21H18N4O5/c1-21(9-14-4-7-16-17(8-14)30-12-29-16)19(27)25(20(28)24-21)11-18(26)23-15-5-2-13(10-22)3-6-15/h2-8H,9,11-12H2,1H3,(H,23,26)(H,24,28)/t21-/m1/s1. The molecule has 152 valence electrons. The van der Waals surface area contributed by atoms with Crippen LogP contribution in [0.2, 0.25) is 0 Å². The van der Waals surface area contributed by atoms with Gasteiger partial charge in [0.1, 0.15) is 12.1 Å². The summed E-state index contributed by atoms with van der Waals surface area (Å²) in [5.74, 6) is 0.217. The van der Waals surface area contributed by atoms with Crippen LogP contribution in [0.3, 0.4) is 0 Å². The maximum Gasteiger partial charge on any atom is 0.325 e. The van der Waals surface area contributed by atoms with Crippen LogP contribution < -0.4 is 20.1 Å². The zero-order chi connectivity index (χ0) is 21.3. The first kappa shape index (κ1) is 19.3. The van der Waals surface area contributed by atoms with E-state index in [1.807, 2.05) is 6.07 Å². The van der Waals surface area contributed by atoms with Crippen LogP contribution in [0.1, 0.15) is 18.1 Å². The van der Waals surface area contributed by atoms with Crippen LogP contribution in [0.25, 0.3) is 0 Å². The predicted octanol–water partition coefficient (Wildman–Crippen LogP) is 1.78. The number of hydrogen-bond donors (Lipinski definition) is 2. The third kappa shape index (κ3) is 3.63. The van der Waals surface area contributed by atoms with Gasteiger partial charge in [0, 0.05) is 12.1 Å². The van der Waals surface area contributed by atoms with E-state index in [1.54, 1.807) is 49.4 Å². The number of nitrogens with zero attached hydrogens (tertiary/aromatic N) is 2. The number of imide groups is 1. The number of carbonyl (C=O) groups is 3. The van der Waals surface area contributed by atoms with Crippen molar-refractivity contribution in [3.8, 4) is 17.6 Å². The lowest BCUT2D eigenvalue weighted by Gasteiger charge is -2.22. The Morgan fingerprint density at radius 2 is 1.93 bits per heavy atom. The average molecular weight is 406 g/mol. The monoisotopic (exact) mass is 406 g/mol. The number of benzene rings is 2. The minimum Gasteiger partial charge on any atom is -0.454 e. The van der Waals surface area contributed by atoms with Gasteiger partial charge in [-0.2, -0.15) is 5.26 Å². The Labute approximate surface area is 172 Å². The zero-order valence-electron chi connectivity index (χ0n) is 16.1. The van der Waals surface area contributed by atoms with Crippen molar-refractivity contribution in [3.63, 3.8) is 0 Å². The number of fused-ring (bicyclic) bond motifs is 1. The van der Waals surface area contributed by atoms with E-state index in [2.05, 4.69) is 10.6 Å². The minimum absolute atomic E-state index is 0.147. The number of hydrogen-bond acceptors (Lipinski definition) is 6. The smallest absolute Gasteiger partial charge is 0.325 e. The van der Waals surface area contributed by atoms with Crippen molar-refractivity contribution in [2.24, 2.45) is 0 Å². The molecule has 0 unspecified atom stereocenters. The molecule has 0 radical (unpaired) electrons. The third-order valence-corrected chi connectivity index (χ3v) is 4.94. The maximum atomic E-state index is 12.9. The van der Waals surface area contributed by atoms with Crippen molar-refractivity contribution >= 4 is 23.5 Å². The van der Waals surface area contributed by atoms with Crippen molar-refractivity contribution in [2.75, 3.05) is 18.7 Å². The fourth-order valence-corrected chi connectivity index (χ4v) is 3.44. The van der Waals surface area contributed by atoms with Gasteiger partial charge in [0.05, 0.1) is 11.6 Å². The first-order valence-corrected chi connectivity index (χ1v) is 9.21. The highest BCUT2D eigenvalue weighted by Gasteiger charge is 2.48. The van der Waals surface area contributed by atoms with Crippen LogP contribution in [-0.2, 0) is 16.0 Å². The van der Waals surface area contributed by atoms with Crippen LogP contribution in [0, 0.1) is 11.3 Å². The van der Waals surface area contributed by atoms with Gasteiger partial charge in [-0.25, -0.2) is 4.79 Å². The molecule has 30 heavy (non-hydrogen) atoms. The average Bonchev–Trinajstić information content (AvgIpc) is 3.26. The molecule has 4 amide bonds. The molecule has 1 fully saturated rings. The molecule has 0 aromatic heterocycles. The Bertz CT molecular complexity index is 1080. The number of carbonyl (C=O) groups excluding carboxylic acids is 3. The van der Waals surface area contributed by atoms with Gasteiger partial charge in [-0.05, 0) is 48.9 Å². The molecular weight excluding hydrogens is 388 g/mol. The van der Waals surface area contributed by atoms with E-state index in [0.717, 1.165) is 10.5 Å². The predicted molar refractivity (Wildman–Crippen MR) is 105 cm³/mol. The summed E-state index contributed by atoms with van der Waals surface area (Å²) in [5, 5.41) is 14.1. The molecule has 2 aromatic carbocycles. The molecular formula is C21H18N4O5. The molecule has 2 N–H and O–H groups in total. The SMILES string of the molecule is C[C@]1(Cc2ccc3c(c2)OCO3)NC(=O)N(CC(=O)Nc2ccc(C#N)cc2)C1=O. The van der Waals surface area contributed by atoms with Crippen molar-refractivity contribution in [3.05, 3.63) is 53.6 Å². The van der Waals surface area contributed by atoms with Gasteiger partial charge in [0.15, 0.2) is 11.5 Å². The van der Waals surface area contributed by atoms with E-state index < -0.39 is 29.9 Å². The van der Waals surface area contributed by atoms with E-state index in [9.17, 15) is 14.4 Å². The second-order valence-electron chi connectivity index (χ2n) is 7.26. The number of nitrogens with one attached hydrogen (secondary N) is 2. The van der Waals surface area contributed by atoms with E-state index >= 15 is 0 Å². The highest BCUT2D eigenvalue weighted by molar-refractivity contribution is 6.10. The van der Waals surface area contributed by atoms with Gasteiger partial charge in [-0.3, -0.25) is 14.5 Å². The summed E-state index contributed by atoms with van der Waals surface area (Å²) in [6.07, 6.45) is 0.238. The van der Waals surface area contributed by atoms with Gasteiger partial charge >= 0.3 is 6.03 Å². The fraction of sp³-hybridized carbons (Fsp3) is 0.238. The molecule has 0 aliphatic carbocycles. The van der Waals surface area contributed by atoms with Crippen LogP contribution in [0.15, 0.2) is 42.5 Å². The first-order chi connectivity index (χ1) is 14.4. The van der Waals surface area contributed by atoms with Crippen LogP contribution in [0.5, 0.6) is 11.5 Å². The molecule has 1 saturated heterocycles. The number of ether oxygens (including phenoxy) is 2. The van der Waals surface area contributed by atoms with Crippen molar-refractivity contribution in [1.29, 1.82) is 5.26 Å². The van der Waals surface area contributed by atoms with E-state index in [1.165, 1.54) is 0 Å². The number of anilines is 1. The second-order valence-corrected chi connectivity index (χ2v) is 7.26. The Morgan fingerprint density at radius 3 is 2.67 bits per heavy atom. The lowest BCUT2D eigenvalue weighted by molar-refractivity contribution is -0.133. The molecule has 2 aliphatic heterocycles. The van der Waals surface area contributed by atoms with Gasteiger partial charge in [-0.1, -0.05) is 6.07 Å². The molecule has 0 spiro atoms. The molecule has 1 atom stereocenters. The van der Waals surface area contributed by atoms with E-state index in [0.29, 0.717) is 22.7 Å². The lowest BCUT2D eigenvalue weighted by atomic mass is 9.92. The van der Waals surface area contributed by atoms with Crippen LogP contribution >= 0.6 is 0 Å². The third-order valence-electron chi connectivity index (χ3n) is 4.94. The lowest BCUT2D eigenvalue weighted by Crippen LogP contribution is -2.46. The molecule has 2 aromatic rings. The van der Waals surface area contributed by atoms with Gasteiger partial charge in [0.2, 0.25) is 12.7 Å². The van der Waals surface area contributed by atoms with Crippen molar-refractivity contribution < 1.29 is 23.9 Å². The summed E-state index contributed by atoms with van der Waals surface area (Å²) >= 11 is 0. The zero-order valence-corrected chi connectivity index (χ0v) is 16.1. The second kappa shape index (κ2) is 7.40. The Morgan fingerprint density at radius 1 is 1.20 bits per heavy atom. The fourth-order valence-electron chi connectivity index (χ4n) is 3.44. The largest absolute Gasteiger partial charge is 0.454 e. The summed E-state index contributed by atoms with van der Waals surface area (Å²) in [5.41, 5.74) is 0.536. The Hall–Kier alpha value is -4.06. The Kier molecular flexibility index (Phi) is 4.75. The summed E-state index contributed by atoms with van der Waals surface area (Å²) in [4.78, 5) is 38.5. The van der Waals surface area contributed by atoms with E-state index in [4.69, 9.17) is 14.7 Å². The minimum atomic E-state index is -1.18. The molecule has 2 aliphatic rings. The summed E-state index contributed by atoms with van der Waals surface area (Å²) in [6, 6.07) is 13.0. The number of urea groups is 1. The Balaban J connectivity index is 1.42. The molecule has 0 bridgehead atoms. The number of amides is 4. The van der Waals surface area contributed by atoms with Crippen molar-refractivity contribution in [1.82, 2.24) is 10.2 Å². The summed E-state index contributed by atoms with van der Waals surface area (Å²) in [7, 11) is 0. The van der Waals surface area contributed by atoms with Crippen molar-refractivity contribution in [2.45, 2.75) is 18.9 Å². The normalized spacial score (nSPS) is 19.4. The number of rotatable bonds is 5. The topological polar surface area (TPSA) is 121 Å². The summed E-state index contributed by atoms with van der Waals surface area (Å²) in [6.45, 7) is 1.35. The van der Waals surface area contributed by atoms with E-state index in [-0.39, 0.29) is 13.2 Å². The number of nitriles is 1. The first-order valence-electron chi connectivity index (χ1n) is 9.21. The molecule has 2 heterocycles. The van der Waals surface area contributed by atoms with Gasteiger partial charge < -0.3 is 20.1 Å². The van der Waals surface area contributed by atoms with Gasteiger partial charge in [-0.15, -0.1) is 0 Å². The molecule has 0 saturated carbocycles. The summed E-state index contributed by atoms with van der Waals surface area (Å²) < 4.78 is 10.6. The highest BCUT2D eigenvalue weighted by Crippen LogP contribution is 2.34.